The van der Waals surface area contributed by atoms with Crippen LogP contribution in [0.15, 0.2) is 0 Å². The number of nitrogens with zero attached hydrogens (tertiary/aromatic N) is 1. The maximum atomic E-state index is 12.8. The van der Waals surface area contributed by atoms with Crippen molar-refractivity contribution >= 4 is 11.9 Å². The number of hydrogen-bond donors (Lipinski definition) is 2. The zero-order valence-corrected chi connectivity index (χ0v) is 11.6. The molecular formula is C14H24N2O3. The highest BCUT2D eigenvalue weighted by Crippen LogP contribution is 2.39. The van der Waals surface area contributed by atoms with Crippen LogP contribution in [0.25, 0.3) is 0 Å². The van der Waals surface area contributed by atoms with Crippen molar-refractivity contribution in [2.45, 2.75) is 51.5 Å². The third-order valence-corrected chi connectivity index (χ3v) is 4.87. The molecule has 2 fully saturated rings. The van der Waals surface area contributed by atoms with Crippen LogP contribution >= 0.6 is 0 Å². The van der Waals surface area contributed by atoms with Crippen LogP contribution in [0.5, 0.6) is 0 Å². The van der Waals surface area contributed by atoms with Crippen LogP contribution in [-0.4, -0.2) is 41.0 Å². The van der Waals surface area contributed by atoms with Gasteiger partial charge in [0.25, 0.3) is 0 Å². The molecule has 0 aromatic carbocycles. The van der Waals surface area contributed by atoms with Crippen molar-refractivity contribution in [1.82, 2.24) is 4.90 Å². The Labute approximate surface area is 114 Å². The lowest BCUT2D eigenvalue weighted by atomic mass is 9.73. The molecule has 1 aliphatic heterocycles. The van der Waals surface area contributed by atoms with E-state index in [1.165, 1.54) is 0 Å². The molecule has 19 heavy (non-hydrogen) atoms. The van der Waals surface area contributed by atoms with E-state index in [0.29, 0.717) is 13.1 Å². The fraction of sp³-hybridized carbons (Fsp3) is 0.857. The standard InChI is InChI=1S/C14H24N2O3/c1-10-5-8-16(11(10)12(17)18)13(19)14(9-15)6-3-2-4-7-14/h10-11H,2-9,15H2,1H3,(H,17,18). The van der Waals surface area contributed by atoms with Crippen LogP contribution in [0.1, 0.15) is 45.4 Å². The summed E-state index contributed by atoms with van der Waals surface area (Å²) in [6.07, 6.45) is 5.56. The van der Waals surface area contributed by atoms with Crippen molar-refractivity contribution in [3.8, 4) is 0 Å². The molecule has 2 aliphatic rings. The second-order valence-electron chi connectivity index (χ2n) is 6.09. The van der Waals surface area contributed by atoms with E-state index in [2.05, 4.69) is 0 Å². The summed E-state index contributed by atoms with van der Waals surface area (Å²) < 4.78 is 0. The molecule has 1 aliphatic carbocycles. The number of amides is 1. The van der Waals surface area contributed by atoms with Gasteiger partial charge in [-0.25, -0.2) is 4.79 Å². The molecule has 1 heterocycles. The van der Waals surface area contributed by atoms with Gasteiger partial charge < -0.3 is 15.7 Å². The molecule has 0 aromatic heterocycles. The Morgan fingerprint density at radius 2 is 1.95 bits per heavy atom. The number of carboxylic acids is 1. The molecule has 5 heteroatoms. The average molecular weight is 268 g/mol. The predicted octanol–water partition coefficient (Wildman–Crippen LogP) is 1.22. The van der Waals surface area contributed by atoms with Gasteiger partial charge in [-0.1, -0.05) is 26.2 Å². The van der Waals surface area contributed by atoms with Crippen LogP contribution < -0.4 is 5.73 Å². The number of rotatable bonds is 3. The van der Waals surface area contributed by atoms with Crippen LogP contribution in [0.2, 0.25) is 0 Å². The van der Waals surface area contributed by atoms with E-state index >= 15 is 0 Å². The fourth-order valence-electron chi connectivity index (χ4n) is 3.59. The molecule has 3 N–H and O–H groups in total. The van der Waals surface area contributed by atoms with Crippen LogP contribution in [0.3, 0.4) is 0 Å². The Balaban J connectivity index is 2.20. The molecular weight excluding hydrogens is 244 g/mol. The lowest BCUT2D eigenvalue weighted by molar-refractivity contribution is -0.155. The lowest BCUT2D eigenvalue weighted by Crippen LogP contribution is -2.53. The molecule has 5 nitrogen and oxygen atoms in total. The Morgan fingerprint density at radius 1 is 1.32 bits per heavy atom. The third-order valence-electron chi connectivity index (χ3n) is 4.87. The van der Waals surface area contributed by atoms with Crippen molar-refractivity contribution in [1.29, 1.82) is 0 Å². The quantitative estimate of drug-likeness (QED) is 0.806. The van der Waals surface area contributed by atoms with E-state index in [9.17, 15) is 14.7 Å². The largest absolute Gasteiger partial charge is 0.480 e. The molecule has 108 valence electrons. The summed E-state index contributed by atoms with van der Waals surface area (Å²) in [5.41, 5.74) is 5.36. The highest BCUT2D eigenvalue weighted by Gasteiger charge is 2.47. The van der Waals surface area contributed by atoms with E-state index in [1.54, 1.807) is 4.90 Å². The second-order valence-corrected chi connectivity index (χ2v) is 6.09. The zero-order valence-electron chi connectivity index (χ0n) is 11.6. The van der Waals surface area contributed by atoms with Crippen LogP contribution in [0.4, 0.5) is 0 Å². The Morgan fingerprint density at radius 3 is 2.47 bits per heavy atom. The number of hydrogen-bond acceptors (Lipinski definition) is 3. The van der Waals surface area contributed by atoms with Crippen molar-refractivity contribution in [2.75, 3.05) is 13.1 Å². The first-order valence-corrected chi connectivity index (χ1v) is 7.26. The Kier molecular flexibility index (Phi) is 4.13. The van der Waals surface area contributed by atoms with E-state index < -0.39 is 17.4 Å². The summed E-state index contributed by atoms with van der Waals surface area (Å²) in [7, 11) is 0. The van der Waals surface area contributed by atoms with Gasteiger partial charge in [0.15, 0.2) is 0 Å². The minimum absolute atomic E-state index is 0.0218. The van der Waals surface area contributed by atoms with E-state index in [-0.39, 0.29) is 11.8 Å². The predicted molar refractivity (Wildman–Crippen MR) is 71.5 cm³/mol. The van der Waals surface area contributed by atoms with E-state index in [0.717, 1.165) is 38.5 Å². The highest BCUT2D eigenvalue weighted by molar-refractivity contribution is 5.88. The number of carbonyl (C=O) groups is 2. The molecule has 1 saturated heterocycles. The summed E-state index contributed by atoms with van der Waals surface area (Å²) in [5, 5.41) is 9.33. The second kappa shape index (κ2) is 5.49. The van der Waals surface area contributed by atoms with Crippen molar-refractivity contribution < 1.29 is 14.7 Å². The lowest BCUT2D eigenvalue weighted by Gasteiger charge is -2.39. The first-order chi connectivity index (χ1) is 9.02. The molecule has 2 rings (SSSR count). The van der Waals surface area contributed by atoms with Crippen molar-refractivity contribution in [3.63, 3.8) is 0 Å². The monoisotopic (exact) mass is 268 g/mol. The number of carboxylic acid groups (broad SMARTS) is 1. The van der Waals surface area contributed by atoms with Gasteiger partial charge in [0.05, 0.1) is 5.41 Å². The molecule has 0 spiro atoms. The molecule has 0 bridgehead atoms. The average Bonchev–Trinajstić information content (AvgIpc) is 2.80. The minimum Gasteiger partial charge on any atom is -0.480 e. The SMILES string of the molecule is CC1CCN(C(=O)C2(CN)CCCCC2)C1C(=O)O. The van der Waals surface area contributed by atoms with Gasteiger partial charge in [0.1, 0.15) is 6.04 Å². The molecule has 0 radical (unpaired) electrons. The van der Waals surface area contributed by atoms with Gasteiger partial charge in [-0.3, -0.25) is 4.79 Å². The highest BCUT2D eigenvalue weighted by atomic mass is 16.4. The number of carbonyl (C=O) groups excluding carboxylic acids is 1. The molecule has 0 aromatic rings. The van der Waals surface area contributed by atoms with Gasteiger partial charge in [0.2, 0.25) is 5.91 Å². The van der Waals surface area contributed by atoms with Gasteiger partial charge in [0, 0.05) is 13.1 Å². The van der Waals surface area contributed by atoms with Gasteiger partial charge >= 0.3 is 5.97 Å². The van der Waals surface area contributed by atoms with Gasteiger partial charge in [-0.15, -0.1) is 0 Å². The molecule has 1 amide bonds. The zero-order chi connectivity index (χ0) is 14.0. The maximum Gasteiger partial charge on any atom is 0.326 e. The summed E-state index contributed by atoms with van der Waals surface area (Å²) >= 11 is 0. The molecule has 2 unspecified atom stereocenters. The summed E-state index contributed by atoms with van der Waals surface area (Å²) in [6, 6.07) is -0.669. The smallest absolute Gasteiger partial charge is 0.326 e. The van der Waals surface area contributed by atoms with Gasteiger partial charge in [-0.2, -0.15) is 0 Å². The number of aliphatic carboxylic acids is 1. The normalized spacial score (nSPS) is 30.3. The maximum absolute atomic E-state index is 12.8. The number of likely N-dealkylation sites (tertiary alicyclic amines) is 1. The fourth-order valence-corrected chi connectivity index (χ4v) is 3.59. The van der Waals surface area contributed by atoms with Gasteiger partial charge in [-0.05, 0) is 25.2 Å². The first kappa shape index (κ1) is 14.3. The minimum atomic E-state index is -0.888. The molecule has 2 atom stereocenters. The third kappa shape index (κ3) is 2.48. The van der Waals surface area contributed by atoms with Crippen LogP contribution in [-0.2, 0) is 9.59 Å². The summed E-state index contributed by atoms with van der Waals surface area (Å²) in [6.45, 7) is 2.80. The Hall–Kier alpha value is -1.10. The van der Waals surface area contributed by atoms with Crippen LogP contribution in [0, 0.1) is 11.3 Å². The summed E-state index contributed by atoms with van der Waals surface area (Å²) in [4.78, 5) is 25.7. The summed E-state index contributed by atoms with van der Waals surface area (Å²) in [5.74, 6) is -0.882. The van der Waals surface area contributed by atoms with Crippen molar-refractivity contribution in [3.05, 3.63) is 0 Å². The number of nitrogens with two attached hydrogens (primary N) is 1. The van der Waals surface area contributed by atoms with E-state index in [4.69, 9.17) is 5.73 Å². The first-order valence-electron chi connectivity index (χ1n) is 7.26. The van der Waals surface area contributed by atoms with Crippen molar-refractivity contribution in [2.24, 2.45) is 17.1 Å². The van der Waals surface area contributed by atoms with E-state index in [1.807, 2.05) is 6.92 Å². The topological polar surface area (TPSA) is 83.6 Å². The Bertz CT molecular complexity index is 364. The molecule has 1 saturated carbocycles.